The van der Waals surface area contributed by atoms with Crippen LogP contribution in [-0.4, -0.2) is 12.1 Å². The maximum Gasteiger partial charge on any atom is 0.330 e. The smallest absolute Gasteiger partial charge is 0.330 e. The Morgan fingerprint density at radius 2 is 1.90 bits per heavy atom. The van der Waals surface area contributed by atoms with Crippen molar-refractivity contribution in [1.82, 2.24) is 0 Å². The predicted molar refractivity (Wildman–Crippen MR) is 72.3 cm³/mol. The van der Waals surface area contributed by atoms with Crippen LogP contribution in [0.3, 0.4) is 0 Å². The molecule has 0 spiro atoms. The van der Waals surface area contributed by atoms with Crippen LogP contribution in [0.1, 0.15) is 44.1 Å². The largest absolute Gasteiger partial charge is 0.459 e. The summed E-state index contributed by atoms with van der Waals surface area (Å²) in [5, 5.41) is 0. The molecule has 20 heavy (non-hydrogen) atoms. The van der Waals surface area contributed by atoms with Gasteiger partial charge in [0.25, 0.3) is 0 Å². The van der Waals surface area contributed by atoms with E-state index >= 15 is 0 Å². The Hall–Kier alpha value is -1.71. The van der Waals surface area contributed by atoms with Gasteiger partial charge in [0.2, 0.25) is 0 Å². The van der Waals surface area contributed by atoms with E-state index in [4.69, 9.17) is 4.74 Å². The summed E-state index contributed by atoms with van der Waals surface area (Å²) in [5.41, 5.74) is 0.821. The summed E-state index contributed by atoms with van der Waals surface area (Å²) < 4.78 is 31.4. The minimum Gasteiger partial charge on any atom is -0.459 e. The molecule has 0 saturated heterocycles. The predicted octanol–water partition coefficient (Wildman–Crippen LogP) is 4.11. The van der Waals surface area contributed by atoms with Crippen LogP contribution in [0, 0.1) is 11.6 Å². The summed E-state index contributed by atoms with van der Waals surface area (Å²) in [6.07, 6.45) is 6.13. The van der Waals surface area contributed by atoms with Crippen LogP contribution in [0.4, 0.5) is 8.78 Å². The zero-order chi connectivity index (χ0) is 14.5. The minimum absolute atomic E-state index is 0.0692. The first-order chi connectivity index (χ1) is 9.60. The van der Waals surface area contributed by atoms with Gasteiger partial charge in [-0.2, -0.15) is 0 Å². The molecule has 1 saturated carbocycles. The molecule has 0 aliphatic heterocycles. The summed E-state index contributed by atoms with van der Waals surface area (Å²) in [6, 6.07) is 4.07. The van der Waals surface area contributed by atoms with Gasteiger partial charge < -0.3 is 4.74 Å². The molecule has 2 nitrogen and oxygen atoms in total. The van der Waals surface area contributed by atoms with E-state index in [2.05, 4.69) is 0 Å². The Morgan fingerprint density at radius 1 is 1.20 bits per heavy atom. The molecule has 4 heteroatoms. The first kappa shape index (κ1) is 14.7. The van der Waals surface area contributed by atoms with Crippen molar-refractivity contribution in [2.45, 2.75) is 44.6 Å². The van der Waals surface area contributed by atoms with Gasteiger partial charge in [0.05, 0.1) is 0 Å². The van der Waals surface area contributed by atoms with Crippen molar-refractivity contribution in [1.29, 1.82) is 0 Å². The number of benzene rings is 1. The third-order valence-electron chi connectivity index (χ3n) is 3.67. The van der Waals surface area contributed by atoms with Gasteiger partial charge in [-0.1, -0.05) is 12.1 Å². The molecule has 1 aromatic carbocycles. The number of carbonyl (C=O) groups is 1. The van der Waals surface area contributed by atoms with Gasteiger partial charge in [-0.25, -0.2) is 13.6 Å². The van der Waals surface area contributed by atoms with Gasteiger partial charge >= 0.3 is 5.97 Å². The normalized spacial score (nSPS) is 22.9. The number of allylic oxidation sites excluding steroid dienone is 1. The van der Waals surface area contributed by atoms with Crippen LogP contribution in [0.5, 0.6) is 0 Å². The summed E-state index contributed by atoms with van der Waals surface area (Å²) in [7, 11) is 0. The molecule has 2 rings (SSSR count). The fraction of sp³-hybridized carbons (Fsp3) is 0.438. The van der Waals surface area contributed by atoms with Crippen LogP contribution in [0.15, 0.2) is 30.4 Å². The molecule has 0 aromatic heterocycles. The molecule has 0 N–H and O–H groups in total. The highest BCUT2D eigenvalue weighted by molar-refractivity contribution is 5.81. The number of carbonyl (C=O) groups excluding carboxylic acids is 1. The number of ether oxygens (including phenoxy) is 1. The van der Waals surface area contributed by atoms with Gasteiger partial charge in [-0.05, 0) is 56.2 Å². The Morgan fingerprint density at radius 3 is 2.50 bits per heavy atom. The zero-order valence-electron chi connectivity index (χ0n) is 11.4. The van der Waals surface area contributed by atoms with Gasteiger partial charge in [0.1, 0.15) is 6.10 Å². The molecule has 1 aliphatic carbocycles. The Kier molecular flexibility index (Phi) is 4.88. The van der Waals surface area contributed by atoms with E-state index in [1.54, 1.807) is 19.1 Å². The molecule has 0 bridgehead atoms. The molecule has 0 unspecified atom stereocenters. The average molecular weight is 280 g/mol. The van der Waals surface area contributed by atoms with E-state index in [-0.39, 0.29) is 18.0 Å². The lowest BCUT2D eigenvalue weighted by Gasteiger charge is -2.28. The van der Waals surface area contributed by atoms with Crippen molar-refractivity contribution in [2.24, 2.45) is 0 Å². The second kappa shape index (κ2) is 6.64. The van der Waals surface area contributed by atoms with Crippen LogP contribution in [0.2, 0.25) is 0 Å². The first-order valence-corrected chi connectivity index (χ1v) is 6.88. The van der Waals surface area contributed by atoms with Crippen molar-refractivity contribution in [3.63, 3.8) is 0 Å². The highest BCUT2D eigenvalue weighted by atomic mass is 19.2. The van der Waals surface area contributed by atoms with E-state index < -0.39 is 11.6 Å². The van der Waals surface area contributed by atoms with E-state index in [0.29, 0.717) is 0 Å². The molecule has 0 radical (unpaired) electrons. The van der Waals surface area contributed by atoms with E-state index in [1.165, 1.54) is 18.2 Å². The van der Waals surface area contributed by atoms with Crippen molar-refractivity contribution >= 4 is 5.97 Å². The number of rotatable bonds is 3. The van der Waals surface area contributed by atoms with Crippen LogP contribution >= 0.6 is 0 Å². The molecule has 1 aromatic rings. The summed E-state index contributed by atoms with van der Waals surface area (Å²) in [6.45, 7) is 1.77. The quantitative estimate of drug-likeness (QED) is 0.615. The van der Waals surface area contributed by atoms with Crippen molar-refractivity contribution in [2.75, 3.05) is 0 Å². The molecule has 1 aliphatic rings. The van der Waals surface area contributed by atoms with Gasteiger partial charge in [0, 0.05) is 6.08 Å². The minimum atomic E-state index is -0.817. The van der Waals surface area contributed by atoms with Crippen molar-refractivity contribution in [3.05, 3.63) is 47.5 Å². The lowest BCUT2D eigenvalue weighted by Crippen LogP contribution is -2.23. The summed E-state index contributed by atoms with van der Waals surface area (Å²) in [5.74, 6) is -1.72. The second-order valence-electron chi connectivity index (χ2n) is 5.08. The van der Waals surface area contributed by atoms with E-state index in [0.717, 1.165) is 31.2 Å². The monoisotopic (exact) mass is 280 g/mol. The van der Waals surface area contributed by atoms with Crippen LogP contribution in [0.25, 0.3) is 0 Å². The second-order valence-corrected chi connectivity index (χ2v) is 5.08. The third kappa shape index (κ3) is 3.65. The zero-order valence-corrected chi connectivity index (χ0v) is 11.4. The lowest BCUT2D eigenvalue weighted by atomic mass is 9.82. The number of halogens is 2. The molecule has 108 valence electrons. The van der Waals surface area contributed by atoms with Crippen LogP contribution in [-0.2, 0) is 9.53 Å². The van der Waals surface area contributed by atoms with Crippen molar-refractivity contribution in [3.8, 4) is 0 Å². The lowest BCUT2D eigenvalue weighted by molar-refractivity contribution is -0.144. The Labute approximate surface area is 117 Å². The van der Waals surface area contributed by atoms with Gasteiger partial charge in [-0.15, -0.1) is 0 Å². The summed E-state index contributed by atoms with van der Waals surface area (Å²) in [4.78, 5) is 11.3. The topological polar surface area (TPSA) is 26.3 Å². The van der Waals surface area contributed by atoms with Crippen LogP contribution < -0.4 is 0 Å². The standard InChI is InChI=1S/C16H18F2O2/c1-2-3-16(19)20-13-7-4-11(5-8-13)12-6-9-14(17)15(18)10-12/h2-3,6,9-11,13H,4-5,7-8H2,1H3. The molecular weight excluding hydrogens is 262 g/mol. The molecule has 0 atom stereocenters. The van der Waals surface area contributed by atoms with E-state index in [9.17, 15) is 13.6 Å². The number of esters is 1. The third-order valence-corrected chi connectivity index (χ3v) is 3.67. The first-order valence-electron chi connectivity index (χ1n) is 6.88. The van der Waals surface area contributed by atoms with Crippen molar-refractivity contribution < 1.29 is 18.3 Å². The average Bonchev–Trinajstić information content (AvgIpc) is 2.43. The number of hydrogen-bond donors (Lipinski definition) is 0. The fourth-order valence-corrected chi connectivity index (χ4v) is 2.62. The van der Waals surface area contributed by atoms with Gasteiger partial charge in [0.15, 0.2) is 11.6 Å². The number of hydrogen-bond acceptors (Lipinski definition) is 2. The van der Waals surface area contributed by atoms with Gasteiger partial charge in [-0.3, -0.25) is 0 Å². The molecule has 0 heterocycles. The molecule has 0 amide bonds. The maximum absolute atomic E-state index is 13.2. The summed E-state index contributed by atoms with van der Waals surface area (Å²) >= 11 is 0. The highest BCUT2D eigenvalue weighted by Crippen LogP contribution is 2.34. The fourth-order valence-electron chi connectivity index (χ4n) is 2.62. The molecule has 1 fully saturated rings. The maximum atomic E-state index is 13.2. The van der Waals surface area contributed by atoms with E-state index in [1.807, 2.05) is 0 Å². The highest BCUT2D eigenvalue weighted by Gasteiger charge is 2.24. The SMILES string of the molecule is CC=CC(=O)OC1CCC(c2ccc(F)c(F)c2)CC1. The molecular formula is C16H18F2O2. The Balaban J connectivity index is 1.90. The Bertz CT molecular complexity index is 503.